The highest BCUT2D eigenvalue weighted by atomic mass is 16.5. The SMILES string of the molecule is CNC[C@H]1Oc2ncc(C3=CCCCC3)cc2C(=O)N([C@@H](C)CO)C[C@H]1C. The van der Waals surface area contributed by atoms with E-state index in [-0.39, 0.29) is 30.6 Å². The number of carbonyl (C=O) groups excluding carboxylic acids is 1. The molecule has 0 saturated carbocycles. The van der Waals surface area contributed by atoms with Gasteiger partial charge in [0, 0.05) is 25.2 Å². The lowest BCUT2D eigenvalue weighted by Gasteiger charge is -2.36. The standard InChI is InChI=1S/C21H31N3O3/c1-14-12-24(15(2)13-25)21(26)18-9-17(16-7-5-4-6-8-16)10-23-20(18)27-19(14)11-22-3/h7,9-10,14-15,19,22,25H,4-6,8,11-13H2,1-3H3/t14-,15+,19-/m1/s1. The summed E-state index contributed by atoms with van der Waals surface area (Å²) >= 11 is 0. The van der Waals surface area contributed by atoms with Gasteiger partial charge in [-0.15, -0.1) is 0 Å². The Kier molecular flexibility index (Phi) is 6.50. The average Bonchev–Trinajstić information content (AvgIpc) is 2.70. The first kappa shape index (κ1) is 19.8. The highest BCUT2D eigenvalue weighted by molar-refractivity contribution is 5.97. The Morgan fingerprint density at radius 1 is 1.44 bits per heavy atom. The second-order valence-electron chi connectivity index (χ2n) is 7.73. The number of nitrogens with one attached hydrogen (secondary N) is 1. The van der Waals surface area contributed by atoms with E-state index in [1.54, 1.807) is 4.90 Å². The number of aliphatic hydroxyl groups is 1. The van der Waals surface area contributed by atoms with E-state index in [9.17, 15) is 9.90 Å². The average molecular weight is 373 g/mol. The van der Waals surface area contributed by atoms with Crippen molar-refractivity contribution in [3.05, 3.63) is 29.5 Å². The smallest absolute Gasteiger partial charge is 0.259 e. The molecule has 1 amide bonds. The van der Waals surface area contributed by atoms with Crippen molar-refractivity contribution >= 4 is 11.5 Å². The van der Waals surface area contributed by atoms with E-state index in [1.807, 2.05) is 26.2 Å². The zero-order valence-corrected chi connectivity index (χ0v) is 16.6. The number of fused-ring (bicyclic) bond motifs is 1. The lowest BCUT2D eigenvalue weighted by molar-refractivity contribution is 0.0404. The number of hydrogen-bond acceptors (Lipinski definition) is 5. The number of rotatable bonds is 5. The van der Waals surface area contributed by atoms with Crippen molar-refractivity contribution in [1.82, 2.24) is 15.2 Å². The van der Waals surface area contributed by atoms with Crippen LogP contribution >= 0.6 is 0 Å². The van der Waals surface area contributed by atoms with Crippen LogP contribution in [-0.2, 0) is 0 Å². The summed E-state index contributed by atoms with van der Waals surface area (Å²) in [6, 6.07) is 1.67. The van der Waals surface area contributed by atoms with Gasteiger partial charge in [0.1, 0.15) is 11.7 Å². The van der Waals surface area contributed by atoms with Gasteiger partial charge in [0.25, 0.3) is 5.91 Å². The topological polar surface area (TPSA) is 74.7 Å². The highest BCUT2D eigenvalue weighted by Crippen LogP contribution is 2.31. The van der Waals surface area contributed by atoms with E-state index in [1.165, 1.54) is 18.4 Å². The molecule has 1 aliphatic carbocycles. The van der Waals surface area contributed by atoms with Crippen LogP contribution in [0.2, 0.25) is 0 Å². The summed E-state index contributed by atoms with van der Waals surface area (Å²) in [5.74, 6) is 0.389. The monoisotopic (exact) mass is 373 g/mol. The van der Waals surface area contributed by atoms with Crippen LogP contribution < -0.4 is 10.1 Å². The van der Waals surface area contributed by atoms with Gasteiger partial charge >= 0.3 is 0 Å². The Morgan fingerprint density at radius 3 is 2.93 bits per heavy atom. The molecule has 1 aromatic rings. The van der Waals surface area contributed by atoms with E-state index in [2.05, 4.69) is 23.3 Å². The molecule has 0 bridgehead atoms. The molecule has 1 aliphatic heterocycles. The molecule has 3 rings (SSSR count). The first-order chi connectivity index (χ1) is 13.0. The molecule has 0 radical (unpaired) electrons. The number of nitrogens with zero attached hydrogens (tertiary/aromatic N) is 2. The van der Waals surface area contributed by atoms with Crippen molar-refractivity contribution in [3.63, 3.8) is 0 Å². The van der Waals surface area contributed by atoms with Crippen LogP contribution in [0.5, 0.6) is 5.88 Å². The van der Waals surface area contributed by atoms with Crippen LogP contribution in [-0.4, -0.2) is 59.8 Å². The quantitative estimate of drug-likeness (QED) is 0.829. The summed E-state index contributed by atoms with van der Waals surface area (Å²) in [5.41, 5.74) is 2.75. The zero-order chi connectivity index (χ0) is 19.4. The number of carbonyl (C=O) groups is 1. The van der Waals surface area contributed by atoms with E-state index < -0.39 is 0 Å². The Bertz CT molecular complexity index is 704. The summed E-state index contributed by atoms with van der Waals surface area (Å²) in [6.07, 6.45) is 8.46. The Morgan fingerprint density at radius 2 is 2.26 bits per heavy atom. The van der Waals surface area contributed by atoms with Crippen molar-refractivity contribution in [3.8, 4) is 5.88 Å². The van der Waals surface area contributed by atoms with Gasteiger partial charge in [-0.25, -0.2) is 4.98 Å². The van der Waals surface area contributed by atoms with Crippen LogP contribution in [0.25, 0.3) is 5.57 Å². The fourth-order valence-electron chi connectivity index (χ4n) is 3.82. The maximum atomic E-state index is 13.3. The van der Waals surface area contributed by atoms with Gasteiger partial charge in [-0.2, -0.15) is 0 Å². The van der Waals surface area contributed by atoms with E-state index in [0.717, 1.165) is 18.4 Å². The molecule has 148 valence electrons. The van der Waals surface area contributed by atoms with Gasteiger partial charge in [-0.05, 0) is 56.9 Å². The predicted molar refractivity (Wildman–Crippen MR) is 106 cm³/mol. The minimum Gasteiger partial charge on any atom is -0.472 e. The fraction of sp³-hybridized carbons (Fsp3) is 0.619. The zero-order valence-electron chi connectivity index (χ0n) is 16.6. The van der Waals surface area contributed by atoms with Crippen LogP contribution in [0.1, 0.15) is 55.5 Å². The minimum absolute atomic E-state index is 0.0659. The first-order valence-corrected chi connectivity index (χ1v) is 9.97. The van der Waals surface area contributed by atoms with Crippen molar-refractivity contribution < 1.29 is 14.6 Å². The summed E-state index contributed by atoms with van der Waals surface area (Å²) < 4.78 is 6.16. The third-order valence-electron chi connectivity index (χ3n) is 5.59. The number of allylic oxidation sites excluding steroid dienone is 2. The van der Waals surface area contributed by atoms with Crippen molar-refractivity contribution in [2.24, 2.45) is 5.92 Å². The van der Waals surface area contributed by atoms with Crippen molar-refractivity contribution in [2.75, 3.05) is 26.7 Å². The Balaban J connectivity index is 2.02. The molecule has 0 saturated heterocycles. The van der Waals surface area contributed by atoms with Gasteiger partial charge in [0.15, 0.2) is 0 Å². The third kappa shape index (κ3) is 4.33. The Labute approximate surface area is 161 Å². The number of hydrogen-bond donors (Lipinski definition) is 2. The number of aliphatic hydroxyl groups excluding tert-OH is 1. The van der Waals surface area contributed by atoms with Gasteiger partial charge in [-0.1, -0.05) is 13.0 Å². The van der Waals surface area contributed by atoms with Crippen LogP contribution in [0.15, 0.2) is 18.3 Å². The molecular formula is C21H31N3O3. The van der Waals surface area contributed by atoms with Gasteiger partial charge < -0.3 is 20.1 Å². The third-order valence-corrected chi connectivity index (χ3v) is 5.59. The van der Waals surface area contributed by atoms with E-state index in [4.69, 9.17) is 4.74 Å². The van der Waals surface area contributed by atoms with Crippen molar-refractivity contribution in [2.45, 2.75) is 51.7 Å². The van der Waals surface area contributed by atoms with Crippen molar-refractivity contribution in [1.29, 1.82) is 0 Å². The molecule has 0 fully saturated rings. The molecule has 3 atom stereocenters. The van der Waals surface area contributed by atoms with E-state index in [0.29, 0.717) is 24.5 Å². The summed E-state index contributed by atoms with van der Waals surface area (Å²) in [4.78, 5) is 19.6. The molecule has 2 N–H and O–H groups in total. The summed E-state index contributed by atoms with van der Waals surface area (Å²) in [6.45, 7) is 5.09. The molecule has 0 unspecified atom stereocenters. The fourth-order valence-corrected chi connectivity index (χ4v) is 3.82. The second-order valence-corrected chi connectivity index (χ2v) is 7.73. The molecular weight excluding hydrogens is 342 g/mol. The number of aromatic nitrogens is 1. The molecule has 2 heterocycles. The second kappa shape index (κ2) is 8.85. The van der Waals surface area contributed by atoms with Gasteiger partial charge in [0.2, 0.25) is 5.88 Å². The normalized spacial score (nSPS) is 24.4. The number of pyridine rings is 1. The maximum absolute atomic E-state index is 13.3. The van der Waals surface area contributed by atoms with Crippen LogP contribution in [0.3, 0.4) is 0 Å². The summed E-state index contributed by atoms with van der Waals surface area (Å²) in [5, 5.41) is 12.8. The highest BCUT2D eigenvalue weighted by Gasteiger charge is 2.33. The van der Waals surface area contributed by atoms with Crippen LogP contribution in [0.4, 0.5) is 0 Å². The number of amides is 1. The minimum atomic E-state index is -0.251. The molecule has 0 aromatic carbocycles. The van der Waals surface area contributed by atoms with Crippen LogP contribution in [0, 0.1) is 5.92 Å². The Hall–Kier alpha value is -1.92. The first-order valence-electron chi connectivity index (χ1n) is 9.97. The molecule has 2 aliphatic rings. The number of ether oxygens (including phenoxy) is 1. The lowest BCUT2D eigenvalue weighted by atomic mass is 9.93. The number of likely N-dealkylation sites (N-methyl/N-ethyl adjacent to an activating group) is 1. The summed E-state index contributed by atoms with van der Waals surface area (Å²) in [7, 11) is 1.89. The molecule has 0 spiro atoms. The molecule has 6 nitrogen and oxygen atoms in total. The lowest BCUT2D eigenvalue weighted by Crippen LogP contribution is -2.49. The predicted octanol–water partition coefficient (Wildman–Crippen LogP) is 2.48. The maximum Gasteiger partial charge on any atom is 0.259 e. The molecule has 1 aromatic heterocycles. The molecule has 6 heteroatoms. The largest absolute Gasteiger partial charge is 0.472 e. The van der Waals surface area contributed by atoms with Gasteiger partial charge in [0.05, 0.1) is 12.6 Å². The van der Waals surface area contributed by atoms with E-state index >= 15 is 0 Å². The molecule has 27 heavy (non-hydrogen) atoms. The van der Waals surface area contributed by atoms with Gasteiger partial charge in [-0.3, -0.25) is 4.79 Å².